The summed E-state index contributed by atoms with van der Waals surface area (Å²) in [6, 6.07) is 9.29. The number of nitrogens with one attached hydrogen (secondary N) is 2. The molecular formula is C15H20N4O. The van der Waals surface area contributed by atoms with Crippen molar-refractivity contribution >= 4 is 5.91 Å². The van der Waals surface area contributed by atoms with Crippen molar-refractivity contribution in [3.63, 3.8) is 0 Å². The van der Waals surface area contributed by atoms with Crippen LogP contribution in [0, 0.1) is 11.3 Å². The molecule has 0 spiro atoms. The first-order chi connectivity index (χ1) is 9.70. The van der Waals surface area contributed by atoms with E-state index in [0.717, 1.165) is 31.7 Å². The lowest BCUT2D eigenvalue weighted by Gasteiger charge is -2.31. The van der Waals surface area contributed by atoms with Crippen molar-refractivity contribution in [2.45, 2.75) is 19.5 Å². The van der Waals surface area contributed by atoms with E-state index in [1.165, 1.54) is 0 Å². The number of nitrogens with zero attached hydrogens (tertiary/aromatic N) is 2. The minimum Gasteiger partial charge on any atom is -0.351 e. The maximum absolute atomic E-state index is 12.1. The van der Waals surface area contributed by atoms with E-state index in [-0.39, 0.29) is 11.9 Å². The van der Waals surface area contributed by atoms with Crippen molar-refractivity contribution < 1.29 is 4.79 Å². The Morgan fingerprint density at radius 3 is 2.95 bits per heavy atom. The highest BCUT2D eigenvalue weighted by Gasteiger charge is 2.22. The van der Waals surface area contributed by atoms with Gasteiger partial charge in [0.2, 0.25) is 5.91 Å². The van der Waals surface area contributed by atoms with Crippen molar-refractivity contribution in [3.8, 4) is 6.07 Å². The highest BCUT2D eigenvalue weighted by Crippen LogP contribution is 2.05. The standard InChI is InChI=1S/C15H20N4O/c1-12(19-7-5-17-6-8-19)15(20)18-11-14-4-2-3-13(9-14)10-16/h2-4,9,12,17H,5-8,11H2,1H3,(H,18,20). The molecule has 2 rings (SSSR count). The second kappa shape index (κ2) is 7.04. The number of carbonyl (C=O) groups is 1. The zero-order valence-corrected chi connectivity index (χ0v) is 11.7. The quantitative estimate of drug-likeness (QED) is 0.836. The lowest BCUT2D eigenvalue weighted by molar-refractivity contribution is -0.126. The summed E-state index contributed by atoms with van der Waals surface area (Å²) < 4.78 is 0. The molecule has 1 unspecified atom stereocenters. The molecule has 5 nitrogen and oxygen atoms in total. The molecule has 1 saturated heterocycles. The molecule has 1 aliphatic rings. The molecule has 0 aliphatic carbocycles. The summed E-state index contributed by atoms with van der Waals surface area (Å²) in [4.78, 5) is 14.3. The first kappa shape index (κ1) is 14.5. The summed E-state index contributed by atoms with van der Waals surface area (Å²) >= 11 is 0. The number of hydrogen-bond acceptors (Lipinski definition) is 4. The normalized spacial score (nSPS) is 17.2. The molecule has 106 valence electrons. The van der Waals surface area contributed by atoms with E-state index in [1.54, 1.807) is 12.1 Å². The highest BCUT2D eigenvalue weighted by atomic mass is 16.2. The van der Waals surface area contributed by atoms with Crippen LogP contribution in [0.3, 0.4) is 0 Å². The Kier molecular flexibility index (Phi) is 5.10. The number of benzene rings is 1. The fourth-order valence-electron chi connectivity index (χ4n) is 2.32. The summed E-state index contributed by atoms with van der Waals surface area (Å²) in [5.74, 6) is 0.0364. The first-order valence-electron chi connectivity index (χ1n) is 6.92. The Morgan fingerprint density at radius 1 is 1.50 bits per heavy atom. The van der Waals surface area contributed by atoms with E-state index in [4.69, 9.17) is 5.26 Å². The second-order valence-electron chi connectivity index (χ2n) is 4.99. The van der Waals surface area contributed by atoms with Gasteiger partial charge < -0.3 is 10.6 Å². The smallest absolute Gasteiger partial charge is 0.237 e. The number of rotatable bonds is 4. The molecule has 0 aromatic heterocycles. The number of hydrogen-bond donors (Lipinski definition) is 2. The van der Waals surface area contributed by atoms with Crippen LogP contribution in [0.15, 0.2) is 24.3 Å². The maximum atomic E-state index is 12.1. The van der Waals surface area contributed by atoms with E-state index in [0.29, 0.717) is 12.1 Å². The van der Waals surface area contributed by atoms with Crippen LogP contribution in [0.2, 0.25) is 0 Å². The molecule has 1 heterocycles. The number of nitriles is 1. The zero-order chi connectivity index (χ0) is 14.4. The zero-order valence-electron chi connectivity index (χ0n) is 11.7. The van der Waals surface area contributed by atoms with Gasteiger partial charge >= 0.3 is 0 Å². The van der Waals surface area contributed by atoms with Crippen molar-refractivity contribution in [3.05, 3.63) is 35.4 Å². The lowest BCUT2D eigenvalue weighted by Crippen LogP contribution is -2.52. The van der Waals surface area contributed by atoms with Crippen LogP contribution in [0.4, 0.5) is 0 Å². The van der Waals surface area contributed by atoms with Gasteiger partial charge in [0.15, 0.2) is 0 Å². The third-order valence-electron chi connectivity index (χ3n) is 3.60. The minimum absolute atomic E-state index is 0.0364. The van der Waals surface area contributed by atoms with Gasteiger partial charge in [0, 0.05) is 32.7 Å². The van der Waals surface area contributed by atoms with Gasteiger partial charge in [-0.15, -0.1) is 0 Å². The molecule has 20 heavy (non-hydrogen) atoms. The summed E-state index contributed by atoms with van der Waals surface area (Å²) in [5.41, 5.74) is 1.57. The Bertz CT molecular complexity index is 503. The Labute approximate surface area is 119 Å². The van der Waals surface area contributed by atoms with Crippen LogP contribution >= 0.6 is 0 Å². The molecule has 1 aromatic carbocycles. The highest BCUT2D eigenvalue weighted by molar-refractivity contribution is 5.81. The monoisotopic (exact) mass is 272 g/mol. The minimum atomic E-state index is -0.115. The predicted octanol–water partition coefficient (Wildman–Crippen LogP) is 0.468. The van der Waals surface area contributed by atoms with Gasteiger partial charge in [0.1, 0.15) is 0 Å². The second-order valence-corrected chi connectivity index (χ2v) is 4.99. The van der Waals surface area contributed by atoms with Crippen LogP contribution in [0.25, 0.3) is 0 Å². The van der Waals surface area contributed by atoms with Crippen molar-refractivity contribution in [2.75, 3.05) is 26.2 Å². The van der Waals surface area contributed by atoms with Gasteiger partial charge in [-0.3, -0.25) is 9.69 Å². The van der Waals surface area contributed by atoms with Gasteiger partial charge in [-0.2, -0.15) is 5.26 Å². The largest absolute Gasteiger partial charge is 0.351 e. The number of amides is 1. The van der Waals surface area contributed by atoms with Crippen LogP contribution in [-0.2, 0) is 11.3 Å². The molecule has 1 atom stereocenters. The fourth-order valence-corrected chi connectivity index (χ4v) is 2.32. The van der Waals surface area contributed by atoms with E-state index >= 15 is 0 Å². The Hall–Kier alpha value is -1.90. The summed E-state index contributed by atoms with van der Waals surface area (Å²) in [7, 11) is 0. The van der Waals surface area contributed by atoms with Crippen molar-refractivity contribution in [1.29, 1.82) is 5.26 Å². The van der Waals surface area contributed by atoms with Gasteiger partial charge in [0.25, 0.3) is 0 Å². The Morgan fingerprint density at radius 2 is 2.25 bits per heavy atom. The van der Waals surface area contributed by atoms with E-state index in [9.17, 15) is 4.79 Å². The number of piperazine rings is 1. The van der Waals surface area contributed by atoms with Gasteiger partial charge in [-0.05, 0) is 24.6 Å². The predicted molar refractivity (Wildman–Crippen MR) is 76.9 cm³/mol. The Balaban J connectivity index is 1.86. The summed E-state index contributed by atoms with van der Waals surface area (Å²) in [6.07, 6.45) is 0. The lowest BCUT2D eigenvalue weighted by atomic mass is 10.1. The molecule has 1 aromatic rings. The topological polar surface area (TPSA) is 68.2 Å². The summed E-state index contributed by atoms with van der Waals surface area (Å²) in [5, 5.41) is 15.1. The molecule has 0 bridgehead atoms. The fraction of sp³-hybridized carbons (Fsp3) is 0.467. The third kappa shape index (κ3) is 3.80. The molecule has 1 amide bonds. The molecule has 0 radical (unpaired) electrons. The molecule has 1 aliphatic heterocycles. The van der Waals surface area contributed by atoms with E-state index < -0.39 is 0 Å². The van der Waals surface area contributed by atoms with Gasteiger partial charge in [0.05, 0.1) is 17.7 Å². The van der Waals surface area contributed by atoms with Gasteiger partial charge in [-0.25, -0.2) is 0 Å². The first-order valence-corrected chi connectivity index (χ1v) is 6.92. The maximum Gasteiger partial charge on any atom is 0.237 e. The number of carbonyl (C=O) groups excluding carboxylic acids is 1. The average molecular weight is 272 g/mol. The molecule has 1 fully saturated rings. The molecular weight excluding hydrogens is 252 g/mol. The third-order valence-corrected chi connectivity index (χ3v) is 3.60. The molecule has 0 saturated carbocycles. The van der Waals surface area contributed by atoms with Crippen LogP contribution in [0.5, 0.6) is 0 Å². The van der Waals surface area contributed by atoms with Crippen LogP contribution in [-0.4, -0.2) is 43.0 Å². The van der Waals surface area contributed by atoms with Crippen LogP contribution < -0.4 is 10.6 Å². The van der Waals surface area contributed by atoms with E-state index in [1.807, 2.05) is 19.1 Å². The average Bonchev–Trinajstić information content (AvgIpc) is 2.53. The SMILES string of the molecule is CC(C(=O)NCc1cccc(C#N)c1)N1CCNCC1. The molecule has 2 N–H and O–H groups in total. The van der Waals surface area contributed by atoms with Crippen molar-refractivity contribution in [1.82, 2.24) is 15.5 Å². The molecule has 5 heteroatoms. The summed E-state index contributed by atoms with van der Waals surface area (Å²) in [6.45, 7) is 6.07. The van der Waals surface area contributed by atoms with Gasteiger partial charge in [-0.1, -0.05) is 12.1 Å². The van der Waals surface area contributed by atoms with Crippen LogP contribution in [0.1, 0.15) is 18.1 Å². The van der Waals surface area contributed by atoms with E-state index in [2.05, 4.69) is 21.6 Å². The van der Waals surface area contributed by atoms with Crippen molar-refractivity contribution in [2.24, 2.45) is 0 Å².